The Morgan fingerprint density at radius 2 is 1.88 bits per heavy atom. The molecule has 7 heteroatoms. The fourth-order valence-corrected chi connectivity index (χ4v) is 2.21. The van der Waals surface area contributed by atoms with E-state index in [0.29, 0.717) is 5.39 Å². The van der Waals surface area contributed by atoms with Crippen LogP contribution in [0.2, 0.25) is 0 Å². The second kappa shape index (κ2) is 3.79. The van der Waals surface area contributed by atoms with Crippen LogP contribution in [-0.4, -0.2) is 13.0 Å². The summed E-state index contributed by atoms with van der Waals surface area (Å²) < 4.78 is 31.0. The number of nitroso groups, excluding NO2 is 1. The molecule has 1 N–H and O–H groups in total. The van der Waals surface area contributed by atoms with Crippen LogP contribution in [0.15, 0.2) is 40.4 Å². The zero-order valence-electron chi connectivity index (χ0n) is 8.32. The lowest BCUT2D eigenvalue weighted by Crippen LogP contribution is -2.02. The Balaban J connectivity index is 3.00. The molecule has 0 saturated heterocycles. The highest BCUT2D eigenvalue weighted by molar-refractivity contribution is 7.86. The summed E-state index contributed by atoms with van der Waals surface area (Å²) in [6, 6.07) is 7.16. The van der Waals surface area contributed by atoms with Crippen LogP contribution < -0.4 is 5.11 Å². The molecule has 2 rings (SSSR count). The maximum atomic E-state index is 11.8. The minimum absolute atomic E-state index is 0.175. The van der Waals surface area contributed by atoms with Gasteiger partial charge < -0.3 is 5.11 Å². The van der Waals surface area contributed by atoms with Crippen molar-refractivity contribution >= 4 is 26.6 Å². The molecule has 0 aliphatic carbocycles. The molecule has 0 spiro atoms. The van der Waals surface area contributed by atoms with E-state index >= 15 is 0 Å². The Kier molecular flexibility index (Phi) is 2.56. The van der Waals surface area contributed by atoms with Crippen molar-refractivity contribution in [3.8, 4) is 5.75 Å². The summed E-state index contributed by atoms with van der Waals surface area (Å²) in [7, 11) is -4.65. The van der Waals surface area contributed by atoms with Gasteiger partial charge in [0.25, 0.3) is 10.1 Å². The third kappa shape index (κ3) is 1.85. The lowest BCUT2D eigenvalue weighted by atomic mass is 10.1. The Morgan fingerprint density at radius 3 is 2.47 bits per heavy atom. The molecule has 0 saturated carbocycles. The van der Waals surface area contributed by atoms with Gasteiger partial charge in [0, 0.05) is 0 Å². The molecule has 0 radical (unpaired) electrons. The van der Waals surface area contributed by atoms with E-state index in [4.69, 9.17) is 4.55 Å². The number of benzene rings is 2. The number of hydrogen-bond acceptors (Lipinski definition) is 5. The Hall–Kier alpha value is -1.99. The van der Waals surface area contributed by atoms with Crippen LogP contribution in [0.1, 0.15) is 0 Å². The van der Waals surface area contributed by atoms with Crippen molar-refractivity contribution in [1.82, 2.24) is 0 Å². The maximum Gasteiger partial charge on any atom is 0.296 e. The van der Waals surface area contributed by atoms with Gasteiger partial charge in [-0.2, -0.15) is 8.42 Å². The van der Waals surface area contributed by atoms with Crippen molar-refractivity contribution in [2.75, 3.05) is 0 Å². The van der Waals surface area contributed by atoms with E-state index in [0.717, 1.165) is 6.07 Å². The summed E-state index contributed by atoms with van der Waals surface area (Å²) in [5.41, 5.74) is -0.800. The van der Waals surface area contributed by atoms with Gasteiger partial charge in [-0.1, -0.05) is 30.0 Å². The van der Waals surface area contributed by atoms with E-state index < -0.39 is 26.5 Å². The Morgan fingerprint density at radius 1 is 1.24 bits per heavy atom. The minimum atomic E-state index is -4.65. The highest BCUT2D eigenvalue weighted by Gasteiger charge is 2.18. The molecule has 0 aliphatic rings. The van der Waals surface area contributed by atoms with E-state index in [2.05, 4.69) is 5.18 Å². The SMILES string of the molecule is O=Nc1c(S(=O)(=O)O)cc2ccccc2c1[O-]. The molecule has 0 aromatic heterocycles. The van der Waals surface area contributed by atoms with Crippen molar-refractivity contribution in [2.24, 2.45) is 5.18 Å². The first kappa shape index (κ1) is 11.5. The second-order valence-corrected chi connectivity index (χ2v) is 4.73. The zero-order valence-corrected chi connectivity index (χ0v) is 9.14. The summed E-state index contributed by atoms with van der Waals surface area (Å²) in [6.45, 7) is 0. The molecule has 0 bridgehead atoms. The van der Waals surface area contributed by atoms with Gasteiger partial charge in [-0.05, 0) is 22.0 Å². The summed E-state index contributed by atoms with van der Waals surface area (Å²) in [5.74, 6) is -0.814. The molecule has 0 unspecified atom stereocenters. The molecular formula is C10H6NO5S-. The summed E-state index contributed by atoms with van der Waals surface area (Å²) in [4.78, 5) is 9.75. The van der Waals surface area contributed by atoms with Crippen LogP contribution >= 0.6 is 0 Å². The van der Waals surface area contributed by atoms with Crippen molar-refractivity contribution in [1.29, 1.82) is 0 Å². The zero-order chi connectivity index (χ0) is 12.6. The van der Waals surface area contributed by atoms with Crippen LogP contribution in [0.4, 0.5) is 5.69 Å². The average molecular weight is 252 g/mol. The van der Waals surface area contributed by atoms with Gasteiger partial charge in [0.2, 0.25) is 0 Å². The quantitative estimate of drug-likeness (QED) is 0.644. The first-order valence-electron chi connectivity index (χ1n) is 4.49. The van der Waals surface area contributed by atoms with Gasteiger partial charge in [-0.15, -0.1) is 4.91 Å². The van der Waals surface area contributed by atoms with Crippen molar-refractivity contribution in [3.05, 3.63) is 35.2 Å². The molecule has 88 valence electrons. The fourth-order valence-electron chi connectivity index (χ4n) is 1.56. The van der Waals surface area contributed by atoms with E-state index in [1.54, 1.807) is 12.1 Å². The molecule has 0 amide bonds. The average Bonchev–Trinajstić information content (AvgIpc) is 2.28. The van der Waals surface area contributed by atoms with Crippen LogP contribution in [0, 0.1) is 4.91 Å². The second-order valence-electron chi connectivity index (χ2n) is 3.34. The van der Waals surface area contributed by atoms with Gasteiger partial charge in [-0.3, -0.25) is 4.55 Å². The molecular weight excluding hydrogens is 246 g/mol. The van der Waals surface area contributed by atoms with Crippen molar-refractivity contribution < 1.29 is 18.1 Å². The molecule has 17 heavy (non-hydrogen) atoms. The lowest BCUT2D eigenvalue weighted by Gasteiger charge is -2.14. The smallest absolute Gasteiger partial charge is 0.296 e. The van der Waals surface area contributed by atoms with Gasteiger partial charge in [0.1, 0.15) is 10.6 Å². The normalized spacial score (nSPS) is 11.6. The maximum absolute atomic E-state index is 11.8. The van der Waals surface area contributed by atoms with E-state index in [1.807, 2.05) is 0 Å². The molecule has 2 aromatic carbocycles. The van der Waals surface area contributed by atoms with Crippen molar-refractivity contribution in [3.63, 3.8) is 0 Å². The number of rotatable bonds is 2. The predicted octanol–water partition coefficient (Wildman–Crippen LogP) is 1.56. The third-order valence-electron chi connectivity index (χ3n) is 2.31. The van der Waals surface area contributed by atoms with Crippen molar-refractivity contribution in [2.45, 2.75) is 4.90 Å². The largest absolute Gasteiger partial charge is 0.870 e. The number of fused-ring (bicyclic) bond motifs is 1. The molecule has 0 atom stereocenters. The van der Waals surface area contributed by atoms with Gasteiger partial charge in [0.05, 0.1) is 0 Å². The third-order valence-corrected chi connectivity index (χ3v) is 3.18. The summed E-state index contributed by atoms with van der Waals surface area (Å²) >= 11 is 0. The van der Waals surface area contributed by atoms with Gasteiger partial charge in [0.15, 0.2) is 0 Å². The molecule has 0 fully saturated rings. The fraction of sp³-hybridized carbons (Fsp3) is 0. The van der Waals surface area contributed by atoms with Crippen LogP contribution in [0.3, 0.4) is 0 Å². The summed E-state index contributed by atoms with van der Waals surface area (Å²) in [5, 5.41) is 14.6. The van der Waals surface area contributed by atoms with Gasteiger partial charge in [-0.25, -0.2) is 0 Å². The lowest BCUT2D eigenvalue weighted by molar-refractivity contribution is -0.264. The number of nitrogens with zero attached hydrogens (tertiary/aromatic N) is 1. The van der Waals surface area contributed by atoms with Crippen LogP contribution in [-0.2, 0) is 10.1 Å². The first-order chi connectivity index (χ1) is 7.95. The predicted molar refractivity (Wildman–Crippen MR) is 58.7 cm³/mol. The van der Waals surface area contributed by atoms with E-state index in [1.165, 1.54) is 12.1 Å². The highest BCUT2D eigenvalue weighted by Crippen LogP contribution is 2.38. The van der Waals surface area contributed by atoms with Crippen LogP contribution in [0.5, 0.6) is 5.75 Å². The number of hydrogen-bond donors (Lipinski definition) is 1. The Labute approximate surface area is 96.2 Å². The molecule has 2 aromatic rings. The molecule has 0 heterocycles. The topological polar surface area (TPSA) is 107 Å². The molecule has 0 aliphatic heterocycles. The first-order valence-corrected chi connectivity index (χ1v) is 5.93. The monoisotopic (exact) mass is 252 g/mol. The minimum Gasteiger partial charge on any atom is -0.870 e. The van der Waals surface area contributed by atoms with Gasteiger partial charge >= 0.3 is 0 Å². The summed E-state index contributed by atoms with van der Waals surface area (Å²) in [6.07, 6.45) is 0. The highest BCUT2D eigenvalue weighted by atomic mass is 32.2. The van der Waals surface area contributed by atoms with E-state index in [-0.39, 0.29) is 5.39 Å². The van der Waals surface area contributed by atoms with E-state index in [9.17, 15) is 18.4 Å². The Bertz CT molecular complexity index is 708. The molecule has 6 nitrogen and oxygen atoms in total. The standard InChI is InChI=1S/C10H7NO5S/c12-10-7-4-2-1-3-6(7)5-8(9(10)11-13)17(14,15)16/h1-5,12H,(H,14,15,16)/p-1. The van der Waals surface area contributed by atoms with Crippen LogP contribution in [0.25, 0.3) is 10.8 Å².